The maximum atomic E-state index is 11.9. The van der Waals surface area contributed by atoms with E-state index in [4.69, 9.17) is 10.5 Å². The Labute approximate surface area is 119 Å². The minimum atomic E-state index is -0.709. The molecule has 0 saturated heterocycles. The van der Waals surface area contributed by atoms with Gasteiger partial charge >= 0.3 is 5.97 Å². The third kappa shape index (κ3) is 8.47. The summed E-state index contributed by atoms with van der Waals surface area (Å²) in [5, 5.41) is 4.91. The zero-order valence-electron chi connectivity index (χ0n) is 12.6. The van der Waals surface area contributed by atoms with Gasteiger partial charge in [0.15, 0.2) is 0 Å². The highest BCUT2D eigenvalue weighted by Crippen LogP contribution is 2.07. The van der Waals surface area contributed by atoms with Crippen LogP contribution in [-0.2, 0) is 19.1 Å². The van der Waals surface area contributed by atoms with Crippen molar-refractivity contribution in [3.8, 4) is 0 Å². The fraction of sp³-hybridized carbons (Fsp3) is 0.769. The number of carbonyl (C=O) groups is 3. The first kappa shape index (κ1) is 18.4. The molecule has 7 nitrogen and oxygen atoms in total. The predicted molar refractivity (Wildman–Crippen MR) is 74.7 cm³/mol. The number of hydrogen-bond acceptors (Lipinski definition) is 5. The summed E-state index contributed by atoms with van der Waals surface area (Å²) in [7, 11) is 0. The average molecular weight is 287 g/mol. The molecule has 116 valence electrons. The molecule has 1 atom stereocenters. The molecular formula is C13H25N3O4. The van der Waals surface area contributed by atoms with Crippen LogP contribution in [0.15, 0.2) is 0 Å². The molecule has 0 radical (unpaired) electrons. The van der Waals surface area contributed by atoms with E-state index in [9.17, 15) is 14.4 Å². The van der Waals surface area contributed by atoms with Gasteiger partial charge in [-0.15, -0.1) is 0 Å². The molecule has 20 heavy (non-hydrogen) atoms. The van der Waals surface area contributed by atoms with Gasteiger partial charge in [-0.1, -0.05) is 13.8 Å². The molecule has 7 heteroatoms. The maximum absolute atomic E-state index is 11.9. The summed E-state index contributed by atoms with van der Waals surface area (Å²) in [6.45, 7) is 6.98. The molecule has 0 aliphatic carbocycles. The second kappa shape index (κ2) is 9.30. The van der Waals surface area contributed by atoms with Crippen LogP contribution < -0.4 is 16.4 Å². The molecule has 0 aromatic rings. The first-order valence-electron chi connectivity index (χ1n) is 6.72. The van der Waals surface area contributed by atoms with Crippen LogP contribution in [0, 0.1) is 5.92 Å². The van der Waals surface area contributed by atoms with E-state index in [1.165, 1.54) is 0 Å². The molecule has 0 aromatic carbocycles. The summed E-state index contributed by atoms with van der Waals surface area (Å²) < 4.78 is 5.10. The summed E-state index contributed by atoms with van der Waals surface area (Å²) >= 11 is 0. The minimum Gasteiger partial charge on any atom is -0.461 e. The molecule has 0 aliphatic heterocycles. The van der Waals surface area contributed by atoms with E-state index in [0.717, 1.165) is 0 Å². The zero-order valence-corrected chi connectivity index (χ0v) is 12.6. The fourth-order valence-corrected chi connectivity index (χ4v) is 1.50. The second-order valence-corrected chi connectivity index (χ2v) is 5.22. The monoisotopic (exact) mass is 287 g/mol. The van der Waals surface area contributed by atoms with Crippen LogP contribution in [0.2, 0.25) is 0 Å². The summed E-state index contributed by atoms with van der Waals surface area (Å²) in [6, 6.07) is -0.709. The highest BCUT2D eigenvalue weighted by atomic mass is 16.5. The van der Waals surface area contributed by atoms with E-state index >= 15 is 0 Å². The average Bonchev–Trinajstić information content (AvgIpc) is 2.33. The fourth-order valence-electron chi connectivity index (χ4n) is 1.50. The number of carbonyl (C=O) groups excluding carboxylic acids is 3. The van der Waals surface area contributed by atoms with Crippen LogP contribution in [-0.4, -0.2) is 43.0 Å². The third-order valence-electron chi connectivity index (χ3n) is 2.31. The molecule has 0 fully saturated rings. The van der Waals surface area contributed by atoms with Crippen molar-refractivity contribution in [3.05, 3.63) is 0 Å². The molecule has 0 heterocycles. The quantitative estimate of drug-likeness (QED) is 0.523. The zero-order chi connectivity index (χ0) is 15.7. The number of ether oxygens (including phenoxy) is 1. The summed E-state index contributed by atoms with van der Waals surface area (Å²) in [6.07, 6.45) is 0.230. The summed E-state index contributed by atoms with van der Waals surface area (Å²) in [5.41, 5.74) is 5.11. The SMILES string of the molecule is CC(C)C[C@H](NC(=O)CNC(=O)CN)C(=O)OC(C)C. The third-order valence-corrected chi connectivity index (χ3v) is 2.31. The van der Waals surface area contributed by atoms with Crippen LogP contribution in [0.5, 0.6) is 0 Å². The van der Waals surface area contributed by atoms with Gasteiger partial charge in [-0.2, -0.15) is 0 Å². The number of nitrogens with two attached hydrogens (primary N) is 1. The Balaban J connectivity index is 4.44. The number of amides is 2. The summed E-state index contributed by atoms with van der Waals surface area (Å²) in [5.74, 6) is -1.12. The minimum absolute atomic E-state index is 0.182. The van der Waals surface area contributed by atoms with Crippen molar-refractivity contribution in [2.75, 3.05) is 13.1 Å². The van der Waals surface area contributed by atoms with Crippen molar-refractivity contribution >= 4 is 17.8 Å². The van der Waals surface area contributed by atoms with Crippen LogP contribution in [0.4, 0.5) is 0 Å². The lowest BCUT2D eigenvalue weighted by molar-refractivity contribution is -0.151. The molecule has 4 N–H and O–H groups in total. The van der Waals surface area contributed by atoms with Gasteiger partial charge in [0.05, 0.1) is 19.2 Å². The number of nitrogens with one attached hydrogen (secondary N) is 2. The highest BCUT2D eigenvalue weighted by Gasteiger charge is 2.24. The van der Waals surface area contributed by atoms with E-state index in [1.807, 2.05) is 13.8 Å². The van der Waals surface area contributed by atoms with Crippen molar-refractivity contribution < 1.29 is 19.1 Å². The van der Waals surface area contributed by atoms with Crippen molar-refractivity contribution in [1.82, 2.24) is 10.6 Å². The standard InChI is InChI=1S/C13H25N3O4/c1-8(2)5-10(13(19)20-9(3)4)16-12(18)7-15-11(17)6-14/h8-10H,5-7,14H2,1-4H3,(H,15,17)(H,16,18)/t10-/m0/s1. The molecule has 0 rings (SSSR count). The van der Waals surface area contributed by atoms with E-state index in [-0.39, 0.29) is 25.1 Å². The van der Waals surface area contributed by atoms with Gasteiger partial charge < -0.3 is 21.1 Å². The van der Waals surface area contributed by atoms with Crippen molar-refractivity contribution in [2.24, 2.45) is 11.7 Å². The largest absolute Gasteiger partial charge is 0.461 e. The summed E-state index contributed by atoms with van der Waals surface area (Å²) in [4.78, 5) is 34.5. The first-order valence-corrected chi connectivity index (χ1v) is 6.72. The molecule has 0 spiro atoms. The van der Waals surface area contributed by atoms with Crippen molar-refractivity contribution in [1.29, 1.82) is 0 Å². The van der Waals surface area contributed by atoms with E-state index in [1.54, 1.807) is 13.8 Å². The maximum Gasteiger partial charge on any atom is 0.328 e. The lowest BCUT2D eigenvalue weighted by atomic mass is 10.0. The molecule has 0 saturated carbocycles. The second-order valence-electron chi connectivity index (χ2n) is 5.22. The van der Waals surface area contributed by atoms with Gasteiger partial charge in [0.2, 0.25) is 11.8 Å². The van der Waals surface area contributed by atoms with Gasteiger partial charge in [0.25, 0.3) is 0 Å². The Morgan fingerprint density at radius 2 is 1.70 bits per heavy atom. The van der Waals surface area contributed by atoms with Gasteiger partial charge in [0.1, 0.15) is 6.04 Å². The Morgan fingerprint density at radius 1 is 1.10 bits per heavy atom. The van der Waals surface area contributed by atoms with Gasteiger partial charge in [0, 0.05) is 0 Å². The Hall–Kier alpha value is -1.63. The first-order chi connectivity index (χ1) is 9.26. The van der Waals surface area contributed by atoms with Gasteiger partial charge in [-0.3, -0.25) is 9.59 Å². The Morgan fingerprint density at radius 3 is 2.15 bits per heavy atom. The van der Waals surface area contributed by atoms with E-state index < -0.39 is 23.8 Å². The Kier molecular flexibility index (Phi) is 8.54. The predicted octanol–water partition coefficient (Wildman–Crippen LogP) is -0.456. The van der Waals surface area contributed by atoms with E-state index in [0.29, 0.717) is 6.42 Å². The highest BCUT2D eigenvalue weighted by molar-refractivity contribution is 5.88. The smallest absolute Gasteiger partial charge is 0.328 e. The van der Waals surface area contributed by atoms with Gasteiger partial charge in [-0.25, -0.2) is 4.79 Å². The molecule has 0 aromatic heterocycles. The Bertz CT molecular complexity index is 343. The number of rotatable bonds is 8. The number of hydrogen-bond donors (Lipinski definition) is 3. The van der Waals surface area contributed by atoms with Crippen molar-refractivity contribution in [3.63, 3.8) is 0 Å². The van der Waals surface area contributed by atoms with Gasteiger partial charge in [-0.05, 0) is 26.2 Å². The van der Waals surface area contributed by atoms with Crippen LogP contribution in [0.3, 0.4) is 0 Å². The topological polar surface area (TPSA) is 111 Å². The molecule has 2 amide bonds. The van der Waals surface area contributed by atoms with Crippen LogP contribution in [0.25, 0.3) is 0 Å². The van der Waals surface area contributed by atoms with E-state index in [2.05, 4.69) is 10.6 Å². The lowest BCUT2D eigenvalue weighted by Gasteiger charge is -2.20. The van der Waals surface area contributed by atoms with Crippen molar-refractivity contribution in [2.45, 2.75) is 46.3 Å². The molecule has 0 aliphatic rings. The molecule has 0 bridgehead atoms. The lowest BCUT2D eigenvalue weighted by Crippen LogP contribution is -2.47. The van der Waals surface area contributed by atoms with Crippen LogP contribution in [0.1, 0.15) is 34.1 Å². The number of esters is 1. The van der Waals surface area contributed by atoms with Crippen LogP contribution >= 0.6 is 0 Å². The normalized spacial score (nSPS) is 12.2. The molecule has 0 unspecified atom stereocenters. The molecular weight excluding hydrogens is 262 g/mol.